The van der Waals surface area contributed by atoms with Crippen LogP contribution in [0.3, 0.4) is 0 Å². The molecule has 3 N–H and O–H groups in total. The smallest absolute Gasteiger partial charge is 0.0384 e. The van der Waals surface area contributed by atoms with Gasteiger partial charge in [0.15, 0.2) is 0 Å². The molecule has 0 spiro atoms. The highest BCUT2D eigenvalue weighted by Gasteiger charge is 2.26. The molecule has 1 aliphatic heterocycles. The van der Waals surface area contributed by atoms with Crippen molar-refractivity contribution in [3.8, 4) is 0 Å². The van der Waals surface area contributed by atoms with Crippen LogP contribution in [0.5, 0.6) is 0 Å². The monoisotopic (exact) mass is 172 g/mol. The third-order valence-corrected chi connectivity index (χ3v) is 2.74. The number of rotatable bonds is 2. The highest BCUT2D eigenvalue weighted by atomic mass is 15.3. The molecule has 0 aromatic carbocycles. The molecule has 1 rings (SSSR count). The molecule has 1 aliphatic rings. The van der Waals surface area contributed by atoms with Gasteiger partial charge >= 0.3 is 0 Å². The summed E-state index contributed by atoms with van der Waals surface area (Å²) in [5.41, 5.74) is 2.82. The van der Waals surface area contributed by atoms with Crippen molar-refractivity contribution in [2.24, 2.45) is 5.84 Å². The second kappa shape index (κ2) is 4.18. The molecule has 1 heterocycles. The Morgan fingerprint density at radius 3 is 2.67 bits per heavy atom. The van der Waals surface area contributed by atoms with Crippen molar-refractivity contribution in [1.82, 2.24) is 15.2 Å². The number of hydrogen-bond donors (Lipinski definition) is 2. The van der Waals surface area contributed by atoms with Crippen molar-refractivity contribution in [2.45, 2.75) is 19.0 Å². The molecule has 0 radical (unpaired) electrons. The van der Waals surface area contributed by atoms with Gasteiger partial charge in [-0.25, -0.2) is 0 Å². The van der Waals surface area contributed by atoms with Crippen LogP contribution in [0.1, 0.15) is 6.92 Å². The first-order valence-corrected chi connectivity index (χ1v) is 4.50. The zero-order valence-corrected chi connectivity index (χ0v) is 8.25. The number of hydrazine groups is 1. The fraction of sp³-hybridized carbons (Fsp3) is 1.00. The molecule has 0 aliphatic carbocycles. The molecular weight excluding hydrogens is 152 g/mol. The SMILES string of the molecule is CC(NN)C1CN(C)CCN1C. The largest absolute Gasteiger partial charge is 0.303 e. The van der Waals surface area contributed by atoms with Crippen LogP contribution in [0.2, 0.25) is 0 Å². The molecular formula is C8H20N4. The lowest BCUT2D eigenvalue weighted by atomic mass is 10.1. The molecule has 4 nitrogen and oxygen atoms in total. The quantitative estimate of drug-likeness (QED) is 0.418. The number of nitrogens with one attached hydrogen (secondary N) is 1. The van der Waals surface area contributed by atoms with Crippen molar-refractivity contribution in [2.75, 3.05) is 33.7 Å². The summed E-state index contributed by atoms with van der Waals surface area (Å²) in [5.74, 6) is 5.42. The molecule has 2 atom stereocenters. The molecule has 1 fully saturated rings. The second-order valence-electron chi connectivity index (χ2n) is 3.77. The van der Waals surface area contributed by atoms with E-state index in [1.54, 1.807) is 0 Å². The summed E-state index contributed by atoms with van der Waals surface area (Å²) in [6.45, 7) is 5.51. The van der Waals surface area contributed by atoms with E-state index in [1.807, 2.05) is 0 Å². The maximum atomic E-state index is 5.42. The van der Waals surface area contributed by atoms with Gasteiger partial charge in [-0.2, -0.15) is 0 Å². The standard InChI is InChI=1S/C8H20N4/c1-7(10-9)8-6-11(2)4-5-12(8)3/h7-8,10H,4-6,9H2,1-3H3. The van der Waals surface area contributed by atoms with Crippen LogP contribution in [0.4, 0.5) is 0 Å². The minimum absolute atomic E-state index is 0.359. The summed E-state index contributed by atoms with van der Waals surface area (Å²) in [7, 11) is 4.31. The van der Waals surface area contributed by atoms with Gasteiger partial charge in [0.25, 0.3) is 0 Å². The number of nitrogens with two attached hydrogens (primary N) is 1. The Balaban J connectivity index is 2.48. The fourth-order valence-corrected chi connectivity index (χ4v) is 1.70. The van der Waals surface area contributed by atoms with E-state index >= 15 is 0 Å². The summed E-state index contributed by atoms with van der Waals surface area (Å²) in [5, 5.41) is 0. The maximum absolute atomic E-state index is 5.42. The van der Waals surface area contributed by atoms with Crippen molar-refractivity contribution < 1.29 is 0 Å². The summed E-state index contributed by atoms with van der Waals surface area (Å²) in [4.78, 5) is 4.71. The summed E-state index contributed by atoms with van der Waals surface area (Å²) < 4.78 is 0. The average Bonchev–Trinajstić information content (AvgIpc) is 2.08. The van der Waals surface area contributed by atoms with Gasteiger partial charge in [0.2, 0.25) is 0 Å². The number of piperazine rings is 1. The lowest BCUT2D eigenvalue weighted by molar-refractivity contribution is 0.0922. The van der Waals surface area contributed by atoms with Gasteiger partial charge < -0.3 is 4.90 Å². The third-order valence-electron chi connectivity index (χ3n) is 2.74. The van der Waals surface area contributed by atoms with Gasteiger partial charge in [-0.1, -0.05) is 0 Å². The highest BCUT2D eigenvalue weighted by molar-refractivity contribution is 4.85. The van der Waals surface area contributed by atoms with Gasteiger partial charge in [-0.3, -0.25) is 16.2 Å². The van der Waals surface area contributed by atoms with E-state index in [9.17, 15) is 0 Å². The normalized spacial score (nSPS) is 30.5. The Hall–Kier alpha value is -0.160. The van der Waals surface area contributed by atoms with E-state index in [4.69, 9.17) is 5.84 Å². The number of nitrogens with zero attached hydrogens (tertiary/aromatic N) is 2. The Kier molecular flexibility index (Phi) is 3.46. The highest BCUT2D eigenvalue weighted by Crippen LogP contribution is 2.08. The molecule has 0 aromatic heterocycles. The molecule has 2 unspecified atom stereocenters. The first-order chi connectivity index (χ1) is 5.65. The van der Waals surface area contributed by atoms with Crippen LogP contribution >= 0.6 is 0 Å². The van der Waals surface area contributed by atoms with Gasteiger partial charge in [0.05, 0.1) is 0 Å². The molecule has 0 bridgehead atoms. The summed E-state index contributed by atoms with van der Waals surface area (Å²) in [6, 6.07) is 0.895. The van der Waals surface area contributed by atoms with Crippen LogP contribution in [0.15, 0.2) is 0 Å². The first-order valence-electron chi connectivity index (χ1n) is 4.50. The zero-order chi connectivity index (χ0) is 9.14. The topological polar surface area (TPSA) is 44.5 Å². The van der Waals surface area contributed by atoms with Gasteiger partial charge in [-0.15, -0.1) is 0 Å². The maximum Gasteiger partial charge on any atom is 0.0384 e. The minimum Gasteiger partial charge on any atom is -0.303 e. The van der Waals surface area contributed by atoms with Crippen molar-refractivity contribution >= 4 is 0 Å². The van der Waals surface area contributed by atoms with Crippen LogP contribution in [0, 0.1) is 0 Å². The third kappa shape index (κ3) is 2.17. The number of hydrogen-bond acceptors (Lipinski definition) is 4. The van der Waals surface area contributed by atoms with E-state index < -0.39 is 0 Å². The van der Waals surface area contributed by atoms with Crippen LogP contribution in [0.25, 0.3) is 0 Å². The lowest BCUT2D eigenvalue weighted by Gasteiger charge is -2.40. The molecule has 0 aromatic rings. The van der Waals surface area contributed by atoms with E-state index in [-0.39, 0.29) is 0 Å². The van der Waals surface area contributed by atoms with Crippen molar-refractivity contribution in [3.63, 3.8) is 0 Å². The van der Waals surface area contributed by atoms with Crippen LogP contribution in [-0.4, -0.2) is 55.6 Å². The first kappa shape index (κ1) is 9.92. The van der Waals surface area contributed by atoms with Gasteiger partial charge in [0.1, 0.15) is 0 Å². The number of likely N-dealkylation sites (N-methyl/N-ethyl adjacent to an activating group) is 2. The molecule has 12 heavy (non-hydrogen) atoms. The Labute approximate surface area is 74.7 Å². The molecule has 1 saturated heterocycles. The summed E-state index contributed by atoms with van der Waals surface area (Å²) >= 11 is 0. The zero-order valence-electron chi connectivity index (χ0n) is 8.25. The van der Waals surface area contributed by atoms with E-state index in [0.717, 1.165) is 19.6 Å². The van der Waals surface area contributed by atoms with Crippen LogP contribution in [-0.2, 0) is 0 Å². The molecule has 0 saturated carbocycles. The molecule has 4 heteroatoms. The predicted octanol–water partition coefficient (Wildman–Crippen LogP) is -0.916. The van der Waals surface area contributed by atoms with E-state index in [2.05, 4.69) is 36.2 Å². The fourth-order valence-electron chi connectivity index (χ4n) is 1.70. The van der Waals surface area contributed by atoms with E-state index in [1.165, 1.54) is 0 Å². The van der Waals surface area contributed by atoms with Gasteiger partial charge in [-0.05, 0) is 21.0 Å². The molecule has 72 valence electrons. The van der Waals surface area contributed by atoms with Crippen LogP contribution < -0.4 is 11.3 Å². The van der Waals surface area contributed by atoms with Crippen molar-refractivity contribution in [1.29, 1.82) is 0 Å². The van der Waals surface area contributed by atoms with Crippen molar-refractivity contribution in [3.05, 3.63) is 0 Å². The second-order valence-corrected chi connectivity index (χ2v) is 3.77. The minimum atomic E-state index is 0.359. The predicted molar refractivity (Wildman–Crippen MR) is 50.7 cm³/mol. The summed E-state index contributed by atoms with van der Waals surface area (Å²) in [6.07, 6.45) is 0. The Morgan fingerprint density at radius 2 is 2.08 bits per heavy atom. The Morgan fingerprint density at radius 1 is 1.42 bits per heavy atom. The lowest BCUT2D eigenvalue weighted by Crippen LogP contribution is -2.58. The average molecular weight is 172 g/mol. The van der Waals surface area contributed by atoms with E-state index in [0.29, 0.717) is 12.1 Å². The van der Waals surface area contributed by atoms with Gasteiger partial charge in [0, 0.05) is 31.7 Å². The molecule has 0 amide bonds. The Bertz CT molecular complexity index is 135.